The molecule has 0 fully saturated rings. The number of nitrogens with one attached hydrogen (secondary N) is 1. The normalized spacial score (nSPS) is 14.6. The molecule has 5 heteroatoms. The van der Waals surface area contributed by atoms with Crippen molar-refractivity contribution in [3.8, 4) is 0 Å². The molecule has 0 saturated heterocycles. The Balaban J connectivity index is 2.32. The number of hydrogen-bond donors (Lipinski definition) is 2. The van der Waals surface area contributed by atoms with Gasteiger partial charge in [-0.1, -0.05) is 30.3 Å². The van der Waals surface area contributed by atoms with Gasteiger partial charge >= 0.3 is 0 Å². The van der Waals surface area contributed by atoms with E-state index in [4.69, 9.17) is 4.74 Å². The second-order valence-corrected chi connectivity index (χ2v) is 7.01. The highest BCUT2D eigenvalue weighted by molar-refractivity contribution is 5.81. The summed E-state index contributed by atoms with van der Waals surface area (Å²) in [4.78, 5) is 13.9. The third kappa shape index (κ3) is 8.11. The standard InChI is InChI=1S/C18H30N2O3/c1-14(17(22)19-18(2,3)4)20(5)11-16(21)13-23-12-15-9-7-6-8-10-15/h6-10,14,16,21H,11-13H2,1-5H3,(H,19,22)/t14-,16-/m0/s1. The van der Waals surface area contributed by atoms with E-state index in [2.05, 4.69) is 5.32 Å². The van der Waals surface area contributed by atoms with Crippen molar-refractivity contribution in [3.63, 3.8) is 0 Å². The minimum absolute atomic E-state index is 0.0441. The van der Waals surface area contributed by atoms with Crippen molar-refractivity contribution >= 4 is 5.91 Å². The van der Waals surface area contributed by atoms with Crippen LogP contribution in [0.5, 0.6) is 0 Å². The number of likely N-dealkylation sites (N-methyl/N-ethyl adjacent to an activating group) is 1. The molecular weight excluding hydrogens is 292 g/mol. The lowest BCUT2D eigenvalue weighted by atomic mass is 10.1. The van der Waals surface area contributed by atoms with Gasteiger partial charge in [0.25, 0.3) is 0 Å². The maximum absolute atomic E-state index is 12.1. The van der Waals surface area contributed by atoms with Crippen LogP contribution < -0.4 is 5.32 Å². The van der Waals surface area contributed by atoms with E-state index in [1.54, 1.807) is 0 Å². The highest BCUT2D eigenvalue weighted by Crippen LogP contribution is 2.05. The minimum Gasteiger partial charge on any atom is -0.389 e. The number of benzene rings is 1. The molecular formula is C18H30N2O3. The van der Waals surface area contributed by atoms with Gasteiger partial charge in [0, 0.05) is 12.1 Å². The molecule has 1 aromatic carbocycles. The monoisotopic (exact) mass is 322 g/mol. The highest BCUT2D eigenvalue weighted by Gasteiger charge is 2.23. The van der Waals surface area contributed by atoms with Gasteiger partial charge in [-0.25, -0.2) is 0 Å². The zero-order chi connectivity index (χ0) is 17.5. The van der Waals surface area contributed by atoms with Crippen molar-refractivity contribution in [3.05, 3.63) is 35.9 Å². The molecule has 0 bridgehead atoms. The molecule has 0 unspecified atom stereocenters. The molecule has 23 heavy (non-hydrogen) atoms. The molecule has 0 saturated carbocycles. The Kier molecular flexibility index (Phi) is 7.68. The van der Waals surface area contributed by atoms with E-state index >= 15 is 0 Å². The Labute approximate surface area is 139 Å². The van der Waals surface area contributed by atoms with Crippen molar-refractivity contribution in [2.75, 3.05) is 20.2 Å². The molecule has 1 aromatic rings. The van der Waals surface area contributed by atoms with E-state index in [0.29, 0.717) is 13.2 Å². The molecule has 0 radical (unpaired) electrons. The Bertz CT molecular complexity index is 471. The Morgan fingerprint density at radius 2 is 1.91 bits per heavy atom. The fraction of sp³-hybridized carbons (Fsp3) is 0.611. The zero-order valence-corrected chi connectivity index (χ0v) is 14.9. The SMILES string of the molecule is C[C@@H](C(=O)NC(C)(C)C)N(C)C[C@H](O)COCc1ccccc1. The van der Waals surface area contributed by atoms with Gasteiger partial charge < -0.3 is 15.2 Å². The first-order valence-corrected chi connectivity index (χ1v) is 8.01. The van der Waals surface area contributed by atoms with Crippen molar-refractivity contribution in [1.29, 1.82) is 0 Å². The lowest BCUT2D eigenvalue weighted by Gasteiger charge is -2.29. The van der Waals surface area contributed by atoms with Crippen LogP contribution in [-0.4, -0.2) is 53.8 Å². The number of nitrogens with zero attached hydrogens (tertiary/aromatic N) is 1. The van der Waals surface area contributed by atoms with Gasteiger partial charge in [-0.05, 0) is 40.3 Å². The number of amides is 1. The third-order valence-corrected chi connectivity index (χ3v) is 3.46. The number of ether oxygens (including phenoxy) is 1. The van der Waals surface area contributed by atoms with Crippen LogP contribution in [0.1, 0.15) is 33.3 Å². The maximum atomic E-state index is 12.1. The first-order valence-electron chi connectivity index (χ1n) is 8.01. The summed E-state index contributed by atoms with van der Waals surface area (Å²) in [5, 5.41) is 13.0. The average molecular weight is 322 g/mol. The van der Waals surface area contributed by atoms with E-state index in [1.165, 1.54) is 0 Å². The van der Waals surface area contributed by atoms with Crippen molar-refractivity contribution in [2.24, 2.45) is 0 Å². The summed E-state index contributed by atoms with van der Waals surface area (Å²) in [7, 11) is 1.83. The van der Waals surface area contributed by atoms with Gasteiger partial charge in [0.1, 0.15) is 0 Å². The van der Waals surface area contributed by atoms with Crippen LogP contribution in [0.2, 0.25) is 0 Å². The molecule has 2 N–H and O–H groups in total. The quantitative estimate of drug-likeness (QED) is 0.766. The van der Waals surface area contributed by atoms with E-state index in [1.807, 2.05) is 70.0 Å². The van der Waals surface area contributed by atoms with Gasteiger partial charge in [-0.3, -0.25) is 9.69 Å². The molecule has 1 rings (SSSR count). The van der Waals surface area contributed by atoms with Crippen LogP contribution in [0.15, 0.2) is 30.3 Å². The van der Waals surface area contributed by atoms with Crippen LogP contribution in [0.4, 0.5) is 0 Å². The second kappa shape index (κ2) is 9.01. The van der Waals surface area contributed by atoms with E-state index in [-0.39, 0.29) is 24.1 Å². The van der Waals surface area contributed by atoms with E-state index < -0.39 is 6.10 Å². The molecule has 0 heterocycles. The van der Waals surface area contributed by atoms with Gasteiger partial charge in [-0.2, -0.15) is 0 Å². The lowest BCUT2D eigenvalue weighted by Crippen LogP contribution is -2.51. The Morgan fingerprint density at radius 3 is 2.48 bits per heavy atom. The van der Waals surface area contributed by atoms with Crippen LogP contribution in [0.25, 0.3) is 0 Å². The fourth-order valence-corrected chi connectivity index (χ4v) is 2.10. The third-order valence-electron chi connectivity index (χ3n) is 3.46. The summed E-state index contributed by atoms with van der Waals surface area (Å²) in [5.74, 6) is -0.0441. The lowest BCUT2D eigenvalue weighted by molar-refractivity contribution is -0.127. The van der Waals surface area contributed by atoms with Crippen molar-refractivity contribution in [1.82, 2.24) is 10.2 Å². The molecule has 130 valence electrons. The summed E-state index contributed by atoms with van der Waals surface area (Å²) in [5.41, 5.74) is 0.815. The molecule has 0 spiro atoms. The summed E-state index contributed by atoms with van der Waals surface area (Å²) < 4.78 is 5.53. The predicted octanol–water partition coefficient (Wildman–Crippen LogP) is 1.80. The first kappa shape index (κ1) is 19.6. The second-order valence-electron chi connectivity index (χ2n) is 7.01. The van der Waals surface area contributed by atoms with Gasteiger partial charge in [0.2, 0.25) is 5.91 Å². The summed E-state index contributed by atoms with van der Waals surface area (Å²) in [6.45, 7) is 8.78. The number of aliphatic hydroxyl groups is 1. The molecule has 0 aliphatic carbocycles. The molecule has 0 aliphatic rings. The largest absolute Gasteiger partial charge is 0.389 e. The van der Waals surface area contributed by atoms with Gasteiger partial charge in [0.05, 0.1) is 25.4 Å². The summed E-state index contributed by atoms with van der Waals surface area (Å²) >= 11 is 0. The van der Waals surface area contributed by atoms with Crippen LogP contribution >= 0.6 is 0 Å². The van der Waals surface area contributed by atoms with Crippen molar-refractivity contribution < 1.29 is 14.6 Å². The van der Waals surface area contributed by atoms with Gasteiger partial charge in [-0.15, -0.1) is 0 Å². The first-order chi connectivity index (χ1) is 10.7. The number of aliphatic hydroxyl groups excluding tert-OH is 1. The molecule has 2 atom stereocenters. The molecule has 1 amide bonds. The predicted molar refractivity (Wildman–Crippen MR) is 92.1 cm³/mol. The highest BCUT2D eigenvalue weighted by atomic mass is 16.5. The van der Waals surface area contributed by atoms with E-state index in [0.717, 1.165) is 5.56 Å². The number of hydrogen-bond acceptors (Lipinski definition) is 4. The number of carbonyl (C=O) groups is 1. The minimum atomic E-state index is -0.631. The molecule has 0 aromatic heterocycles. The van der Waals surface area contributed by atoms with Crippen LogP contribution in [0, 0.1) is 0 Å². The molecule has 0 aliphatic heterocycles. The summed E-state index contributed by atoms with van der Waals surface area (Å²) in [6.07, 6.45) is -0.631. The number of carbonyl (C=O) groups excluding carboxylic acids is 1. The van der Waals surface area contributed by atoms with Crippen LogP contribution in [-0.2, 0) is 16.1 Å². The Hall–Kier alpha value is -1.43. The zero-order valence-electron chi connectivity index (χ0n) is 14.9. The van der Waals surface area contributed by atoms with Crippen molar-refractivity contribution in [2.45, 2.75) is 52.0 Å². The van der Waals surface area contributed by atoms with E-state index in [9.17, 15) is 9.90 Å². The fourth-order valence-electron chi connectivity index (χ4n) is 2.10. The topological polar surface area (TPSA) is 61.8 Å². The number of rotatable bonds is 8. The maximum Gasteiger partial charge on any atom is 0.237 e. The Morgan fingerprint density at radius 1 is 1.30 bits per heavy atom. The smallest absolute Gasteiger partial charge is 0.237 e. The summed E-state index contributed by atoms with van der Waals surface area (Å²) in [6, 6.07) is 9.53. The average Bonchev–Trinajstić information content (AvgIpc) is 2.45. The van der Waals surface area contributed by atoms with Gasteiger partial charge in [0.15, 0.2) is 0 Å². The molecule has 5 nitrogen and oxygen atoms in total. The van der Waals surface area contributed by atoms with Crippen LogP contribution in [0.3, 0.4) is 0 Å².